The van der Waals surface area contributed by atoms with E-state index in [1.54, 1.807) is 0 Å². The molecular weight excluding hydrogens is 304 g/mol. The van der Waals surface area contributed by atoms with E-state index in [-0.39, 0.29) is 5.91 Å². The van der Waals surface area contributed by atoms with Crippen molar-refractivity contribution in [2.75, 3.05) is 5.32 Å². The first-order valence-corrected chi connectivity index (χ1v) is 8.37. The minimum atomic E-state index is -0.0379. The predicted octanol–water partition coefficient (Wildman–Crippen LogP) is 4.61. The number of carbonyl (C=O) groups excluding carboxylic acids is 1. The van der Waals surface area contributed by atoms with Crippen LogP contribution in [0.15, 0.2) is 53.9 Å². The molecule has 1 amide bonds. The molecule has 0 saturated heterocycles. The Hall–Kier alpha value is -2.46. The Labute approximate surface area is 140 Å². The Balaban J connectivity index is 1.68. The summed E-state index contributed by atoms with van der Waals surface area (Å²) in [6, 6.07) is 16.1. The van der Waals surface area contributed by atoms with Gasteiger partial charge in [0.1, 0.15) is 0 Å². The van der Waals surface area contributed by atoms with Crippen molar-refractivity contribution in [2.24, 2.45) is 0 Å². The number of nitrogens with zero attached hydrogens (tertiary/aromatic N) is 1. The number of aryl methyl sites for hydroxylation is 2. The summed E-state index contributed by atoms with van der Waals surface area (Å²) in [7, 11) is 0. The molecule has 0 spiro atoms. The minimum absolute atomic E-state index is 0.0379. The van der Waals surface area contributed by atoms with E-state index < -0.39 is 0 Å². The fourth-order valence-corrected chi connectivity index (χ4v) is 3.07. The molecule has 0 aliphatic carbocycles. The van der Waals surface area contributed by atoms with Gasteiger partial charge in [-0.3, -0.25) is 4.79 Å². The van der Waals surface area contributed by atoms with Gasteiger partial charge in [-0.2, -0.15) is 0 Å². The number of amides is 1. The van der Waals surface area contributed by atoms with Crippen LogP contribution in [-0.2, 0) is 11.2 Å². The second kappa shape index (κ2) is 6.75. The molecule has 0 atom stereocenters. The molecule has 0 aliphatic rings. The van der Waals surface area contributed by atoms with Crippen LogP contribution < -0.4 is 5.32 Å². The van der Waals surface area contributed by atoms with Gasteiger partial charge in [-0.1, -0.05) is 54.1 Å². The van der Waals surface area contributed by atoms with Crippen LogP contribution in [0.2, 0.25) is 0 Å². The third-order valence-electron chi connectivity index (χ3n) is 3.71. The van der Waals surface area contributed by atoms with E-state index in [2.05, 4.69) is 29.4 Å². The molecule has 23 heavy (non-hydrogen) atoms. The van der Waals surface area contributed by atoms with Gasteiger partial charge < -0.3 is 5.32 Å². The lowest BCUT2D eigenvalue weighted by Crippen LogP contribution is -2.14. The van der Waals surface area contributed by atoms with Crippen LogP contribution in [0.5, 0.6) is 0 Å². The molecule has 2 aromatic carbocycles. The first kappa shape index (κ1) is 15.4. The van der Waals surface area contributed by atoms with Gasteiger partial charge >= 0.3 is 0 Å². The largest absolute Gasteiger partial charge is 0.302 e. The van der Waals surface area contributed by atoms with Crippen molar-refractivity contribution < 1.29 is 4.79 Å². The number of aromatic nitrogens is 1. The molecule has 4 heteroatoms. The van der Waals surface area contributed by atoms with Gasteiger partial charge in [0.25, 0.3) is 0 Å². The molecule has 1 N–H and O–H groups in total. The fourth-order valence-electron chi connectivity index (χ4n) is 2.33. The first-order chi connectivity index (χ1) is 11.1. The Morgan fingerprint density at radius 2 is 1.83 bits per heavy atom. The monoisotopic (exact) mass is 322 g/mol. The number of hydrogen-bond acceptors (Lipinski definition) is 3. The molecule has 0 saturated carbocycles. The highest BCUT2D eigenvalue weighted by Crippen LogP contribution is 2.25. The van der Waals surface area contributed by atoms with E-state index in [0.717, 1.165) is 22.4 Å². The van der Waals surface area contributed by atoms with E-state index in [4.69, 9.17) is 0 Å². The summed E-state index contributed by atoms with van der Waals surface area (Å²) in [5, 5.41) is 5.49. The van der Waals surface area contributed by atoms with Crippen molar-refractivity contribution in [1.82, 2.24) is 4.98 Å². The van der Waals surface area contributed by atoms with E-state index in [1.807, 2.05) is 48.7 Å². The van der Waals surface area contributed by atoms with Crippen molar-refractivity contribution in [3.63, 3.8) is 0 Å². The van der Waals surface area contributed by atoms with Crippen molar-refractivity contribution in [2.45, 2.75) is 20.3 Å². The number of thiazole rings is 1. The van der Waals surface area contributed by atoms with Crippen LogP contribution >= 0.6 is 11.3 Å². The van der Waals surface area contributed by atoms with Gasteiger partial charge in [0.2, 0.25) is 5.91 Å². The molecular formula is C19H18N2OS. The normalized spacial score (nSPS) is 10.5. The second-order valence-electron chi connectivity index (χ2n) is 5.56. The highest BCUT2D eigenvalue weighted by atomic mass is 32.1. The molecule has 3 nitrogen and oxygen atoms in total. The Morgan fingerprint density at radius 1 is 1.09 bits per heavy atom. The van der Waals surface area contributed by atoms with Crippen LogP contribution in [0.3, 0.4) is 0 Å². The van der Waals surface area contributed by atoms with Gasteiger partial charge in [-0.15, -0.1) is 11.3 Å². The Morgan fingerprint density at radius 3 is 2.57 bits per heavy atom. The van der Waals surface area contributed by atoms with Crippen LogP contribution in [0.4, 0.5) is 5.13 Å². The topological polar surface area (TPSA) is 42.0 Å². The smallest absolute Gasteiger partial charge is 0.230 e. The molecule has 1 heterocycles. The van der Waals surface area contributed by atoms with Crippen LogP contribution in [0.25, 0.3) is 11.3 Å². The molecule has 3 rings (SSSR count). The lowest BCUT2D eigenvalue weighted by Gasteiger charge is -2.05. The van der Waals surface area contributed by atoms with Gasteiger partial charge in [0.15, 0.2) is 5.13 Å². The summed E-state index contributed by atoms with van der Waals surface area (Å²) < 4.78 is 0. The SMILES string of the molecule is Cc1ccc(-c2csc(NC(=O)Cc3ccccc3C)n2)cc1. The van der Waals surface area contributed by atoms with Crippen molar-refractivity contribution >= 4 is 22.4 Å². The average molecular weight is 322 g/mol. The van der Waals surface area contributed by atoms with Crippen LogP contribution in [0.1, 0.15) is 16.7 Å². The molecule has 0 radical (unpaired) electrons. The number of rotatable bonds is 4. The summed E-state index contributed by atoms with van der Waals surface area (Å²) >= 11 is 1.45. The van der Waals surface area contributed by atoms with E-state index in [0.29, 0.717) is 11.6 Å². The molecule has 0 bridgehead atoms. The molecule has 116 valence electrons. The number of nitrogens with one attached hydrogen (secondary N) is 1. The van der Waals surface area contributed by atoms with E-state index in [9.17, 15) is 4.79 Å². The quantitative estimate of drug-likeness (QED) is 0.762. The van der Waals surface area contributed by atoms with E-state index >= 15 is 0 Å². The van der Waals surface area contributed by atoms with Crippen molar-refractivity contribution in [1.29, 1.82) is 0 Å². The standard InChI is InChI=1S/C19H18N2OS/c1-13-7-9-15(10-8-13)17-12-23-19(20-17)21-18(22)11-16-6-4-3-5-14(16)2/h3-10,12H,11H2,1-2H3,(H,20,21,22). The lowest BCUT2D eigenvalue weighted by atomic mass is 10.1. The van der Waals surface area contributed by atoms with Gasteiger partial charge in [0.05, 0.1) is 12.1 Å². The maximum Gasteiger partial charge on any atom is 0.230 e. The number of hydrogen-bond donors (Lipinski definition) is 1. The molecule has 3 aromatic rings. The summed E-state index contributed by atoms with van der Waals surface area (Å²) in [5.41, 5.74) is 5.34. The number of anilines is 1. The average Bonchev–Trinajstić information content (AvgIpc) is 2.98. The van der Waals surface area contributed by atoms with E-state index in [1.165, 1.54) is 16.9 Å². The summed E-state index contributed by atoms with van der Waals surface area (Å²) in [6.07, 6.45) is 0.367. The van der Waals surface area contributed by atoms with Crippen molar-refractivity contribution in [3.05, 3.63) is 70.6 Å². The zero-order valence-corrected chi connectivity index (χ0v) is 14.0. The molecule has 1 aromatic heterocycles. The molecule has 0 unspecified atom stereocenters. The highest BCUT2D eigenvalue weighted by molar-refractivity contribution is 7.14. The number of benzene rings is 2. The predicted molar refractivity (Wildman–Crippen MR) is 95.8 cm³/mol. The maximum atomic E-state index is 12.2. The summed E-state index contributed by atoms with van der Waals surface area (Å²) in [5.74, 6) is -0.0379. The zero-order chi connectivity index (χ0) is 16.2. The Bertz CT molecular complexity index is 821. The zero-order valence-electron chi connectivity index (χ0n) is 13.2. The first-order valence-electron chi connectivity index (χ1n) is 7.49. The fraction of sp³-hybridized carbons (Fsp3) is 0.158. The van der Waals surface area contributed by atoms with Crippen LogP contribution in [0, 0.1) is 13.8 Å². The third-order valence-corrected chi connectivity index (χ3v) is 4.47. The lowest BCUT2D eigenvalue weighted by molar-refractivity contribution is -0.115. The Kier molecular flexibility index (Phi) is 4.53. The second-order valence-corrected chi connectivity index (χ2v) is 6.41. The van der Waals surface area contributed by atoms with Crippen LogP contribution in [-0.4, -0.2) is 10.9 Å². The van der Waals surface area contributed by atoms with Gasteiger partial charge in [0, 0.05) is 10.9 Å². The number of carbonyl (C=O) groups is 1. The minimum Gasteiger partial charge on any atom is -0.302 e. The highest BCUT2D eigenvalue weighted by Gasteiger charge is 2.09. The maximum absolute atomic E-state index is 12.2. The van der Waals surface area contributed by atoms with Gasteiger partial charge in [-0.25, -0.2) is 4.98 Å². The third kappa shape index (κ3) is 3.85. The summed E-state index contributed by atoms with van der Waals surface area (Å²) in [6.45, 7) is 4.07. The summed E-state index contributed by atoms with van der Waals surface area (Å²) in [4.78, 5) is 16.7. The molecule has 0 aliphatic heterocycles. The molecule has 0 fully saturated rings. The van der Waals surface area contributed by atoms with Gasteiger partial charge in [-0.05, 0) is 25.0 Å². The van der Waals surface area contributed by atoms with Crippen molar-refractivity contribution in [3.8, 4) is 11.3 Å².